The van der Waals surface area contributed by atoms with Gasteiger partial charge in [-0.15, -0.1) is 0 Å². The average Bonchev–Trinajstić information content (AvgIpc) is 3.41. The second-order valence-corrected chi connectivity index (χ2v) is 7.91. The summed E-state index contributed by atoms with van der Waals surface area (Å²) in [7, 11) is 3.48. The van der Waals surface area contributed by atoms with Crippen molar-refractivity contribution >= 4 is 11.0 Å². The van der Waals surface area contributed by atoms with E-state index in [1.807, 2.05) is 23.1 Å². The van der Waals surface area contributed by atoms with Gasteiger partial charge in [-0.2, -0.15) is 10.2 Å². The van der Waals surface area contributed by atoms with Crippen molar-refractivity contribution in [3.63, 3.8) is 0 Å². The van der Waals surface area contributed by atoms with Crippen LogP contribution in [0.2, 0.25) is 0 Å². The van der Waals surface area contributed by atoms with E-state index < -0.39 is 11.6 Å². The molecule has 5 rings (SSSR count). The summed E-state index contributed by atoms with van der Waals surface area (Å²) in [5.41, 5.74) is 2.93. The van der Waals surface area contributed by atoms with E-state index in [4.69, 9.17) is 4.74 Å². The Labute approximate surface area is 177 Å². The van der Waals surface area contributed by atoms with Gasteiger partial charge in [-0.1, -0.05) is 0 Å². The minimum Gasteiger partial charge on any atom is -0.493 e. The lowest BCUT2D eigenvalue weighted by atomic mass is 10.0. The fourth-order valence-corrected chi connectivity index (χ4v) is 4.16. The lowest BCUT2D eigenvalue weighted by molar-refractivity contribution is 0.212. The van der Waals surface area contributed by atoms with Gasteiger partial charge in [-0.3, -0.25) is 9.78 Å². The Morgan fingerprint density at radius 1 is 1.10 bits per heavy atom. The topological polar surface area (TPSA) is 71.9 Å². The molecule has 0 atom stereocenters. The van der Waals surface area contributed by atoms with Crippen molar-refractivity contribution < 1.29 is 13.5 Å². The molecule has 1 saturated heterocycles. The number of halogens is 2. The number of nitrogens with one attached hydrogen (secondary N) is 1. The summed E-state index contributed by atoms with van der Waals surface area (Å²) in [6.07, 6.45) is 7.70. The van der Waals surface area contributed by atoms with Crippen molar-refractivity contribution in [3.8, 4) is 28.1 Å². The maximum absolute atomic E-state index is 14.2. The van der Waals surface area contributed by atoms with Crippen LogP contribution in [-0.2, 0) is 0 Å². The summed E-state index contributed by atoms with van der Waals surface area (Å²) in [6.45, 7) is 2.11. The van der Waals surface area contributed by atoms with Gasteiger partial charge < -0.3 is 9.64 Å². The fourth-order valence-electron chi connectivity index (χ4n) is 4.16. The normalized spacial score (nSPS) is 15.6. The first kappa shape index (κ1) is 19.6. The Hall–Kier alpha value is -3.33. The second kappa shape index (κ2) is 7.73. The number of nitrogens with zero attached hydrogens (tertiary/aromatic N) is 5. The first-order chi connectivity index (χ1) is 15.0. The van der Waals surface area contributed by atoms with Crippen molar-refractivity contribution in [2.24, 2.45) is 0 Å². The monoisotopic (exact) mass is 424 g/mol. The Kier molecular flexibility index (Phi) is 4.90. The molecule has 3 aromatic heterocycles. The Bertz CT molecular complexity index is 1240. The second-order valence-electron chi connectivity index (χ2n) is 7.91. The Morgan fingerprint density at radius 3 is 2.68 bits per heavy atom. The van der Waals surface area contributed by atoms with Gasteiger partial charge in [0.2, 0.25) is 0 Å². The standard InChI is InChI=1S/C22H22F2N6O/c1-29-5-3-16(4-6-29)30-12-14(11-26-30)13-7-18-20(27-28-22(18)25-10-13)17-8-15(23)9-19(24)21(17)31-2/h7-12,16H,3-6H2,1-2H3,(H,25,27,28). The molecule has 160 valence electrons. The molecular formula is C22H22F2N6O. The minimum atomic E-state index is -0.774. The minimum absolute atomic E-state index is 0.0487. The summed E-state index contributed by atoms with van der Waals surface area (Å²) in [5.74, 6) is -1.52. The number of benzene rings is 1. The van der Waals surface area contributed by atoms with E-state index in [2.05, 4.69) is 32.2 Å². The third-order valence-corrected chi connectivity index (χ3v) is 5.89. The molecule has 0 spiro atoms. The van der Waals surface area contributed by atoms with Gasteiger partial charge in [0, 0.05) is 40.5 Å². The number of fused-ring (bicyclic) bond motifs is 1. The molecular weight excluding hydrogens is 402 g/mol. The van der Waals surface area contributed by atoms with Gasteiger partial charge in [0.05, 0.1) is 25.0 Å². The first-order valence-corrected chi connectivity index (χ1v) is 10.1. The van der Waals surface area contributed by atoms with Gasteiger partial charge in [-0.05, 0) is 45.1 Å². The van der Waals surface area contributed by atoms with Crippen LogP contribution in [0.25, 0.3) is 33.4 Å². The number of ether oxygens (including phenoxy) is 1. The average molecular weight is 424 g/mol. The predicted molar refractivity (Wildman–Crippen MR) is 113 cm³/mol. The van der Waals surface area contributed by atoms with E-state index in [1.165, 1.54) is 13.2 Å². The van der Waals surface area contributed by atoms with E-state index >= 15 is 0 Å². The number of H-pyrrole nitrogens is 1. The van der Waals surface area contributed by atoms with Gasteiger partial charge in [0.15, 0.2) is 17.2 Å². The van der Waals surface area contributed by atoms with E-state index in [1.54, 1.807) is 6.20 Å². The van der Waals surface area contributed by atoms with Crippen molar-refractivity contribution in [2.75, 3.05) is 27.2 Å². The van der Waals surface area contributed by atoms with Gasteiger partial charge >= 0.3 is 0 Å². The van der Waals surface area contributed by atoms with Crippen molar-refractivity contribution in [3.05, 3.63) is 48.4 Å². The van der Waals surface area contributed by atoms with Gasteiger partial charge in [0.25, 0.3) is 0 Å². The van der Waals surface area contributed by atoms with Crippen LogP contribution in [0.3, 0.4) is 0 Å². The molecule has 1 N–H and O–H groups in total. The number of likely N-dealkylation sites (tertiary alicyclic amines) is 1. The molecule has 4 heterocycles. The van der Waals surface area contributed by atoms with Gasteiger partial charge in [-0.25, -0.2) is 13.8 Å². The number of hydrogen-bond acceptors (Lipinski definition) is 5. The first-order valence-electron chi connectivity index (χ1n) is 10.1. The molecule has 4 aromatic rings. The van der Waals surface area contributed by atoms with E-state index in [0.717, 1.165) is 43.1 Å². The number of pyridine rings is 1. The lowest BCUT2D eigenvalue weighted by Gasteiger charge is -2.28. The maximum Gasteiger partial charge on any atom is 0.181 e. The molecule has 7 nitrogen and oxygen atoms in total. The Balaban J connectivity index is 1.54. The quantitative estimate of drug-likeness (QED) is 0.535. The van der Waals surface area contributed by atoms with Crippen molar-refractivity contribution in [2.45, 2.75) is 18.9 Å². The zero-order chi connectivity index (χ0) is 21.5. The van der Waals surface area contributed by atoms with Crippen LogP contribution in [0.15, 0.2) is 36.8 Å². The molecule has 9 heteroatoms. The van der Waals surface area contributed by atoms with Crippen LogP contribution in [0.5, 0.6) is 5.75 Å². The number of methoxy groups -OCH3 is 1. The summed E-state index contributed by atoms with van der Waals surface area (Å²) >= 11 is 0. The molecule has 1 aliphatic rings. The van der Waals surface area contributed by atoms with Gasteiger partial charge in [0.1, 0.15) is 5.82 Å². The van der Waals surface area contributed by atoms with Crippen molar-refractivity contribution in [1.82, 2.24) is 29.9 Å². The molecule has 0 bridgehead atoms. The zero-order valence-corrected chi connectivity index (χ0v) is 17.3. The fraction of sp³-hybridized carbons (Fsp3) is 0.318. The van der Waals surface area contributed by atoms with Crippen LogP contribution in [-0.4, -0.2) is 57.1 Å². The highest BCUT2D eigenvalue weighted by Gasteiger charge is 2.21. The molecule has 0 amide bonds. The number of piperidine rings is 1. The van der Waals surface area contributed by atoms with Crippen LogP contribution in [0.4, 0.5) is 8.78 Å². The summed E-state index contributed by atoms with van der Waals surface area (Å²) in [5, 5.41) is 12.2. The van der Waals surface area contributed by atoms with Crippen LogP contribution < -0.4 is 4.74 Å². The molecule has 0 saturated carbocycles. The summed E-state index contributed by atoms with van der Waals surface area (Å²) in [4.78, 5) is 6.74. The number of aromatic nitrogens is 5. The molecule has 0 radical (unpaired) electrons. The Morgan fingerprint density at radius 2 is 1.90 bits per heavy atom. The third-order valence-electron chi connectivity index (χ3n) is 5.89. The highest BCUT2D eigenvalue weighted by Crippen LogP contribution is 2.37. The van der Waals surface area contributed by atoms with Crippen molar-refractivity contribution in [1.29, 1.82) is 0 Å². The molecule has 0 aliphatic carbocycles. The number of aromatic amines is 1. The highest BCUT2D eigenvalue weighted by atomic mass is 19.1. The summed E-state index contributed by atoms with van der Waals surface area (Å²) in [6, 6.07) is 4.30. The van der Waals surface area contributed by atoms with E-state index in [-0.39, 0.29) is 11.3 Å². The van der Waals surface area contributed by atoms with E-state index in [0.29, 0.717) is 22.8 Å². The molecule has 1 aliphatic heterocycles. The molecule has 31 heavy (non-hydrogen) atoms. The van der Waals surface area contributed by atoms with Crippen LogP contribution >= 0.6 is 0 Å². The summed E-state index contributed by atoms with van der Waals surface area (Å²) < 4.78 is 35.3. The number of rotatable bonds is 4. The maximum atomic E-state index is 14.2. The third kappa shape index (κ3) is 3.54. The largest absolute Gasteiger partial charge is 0.493 e. The SMILES string of the molecule is COc1c(F)cc(F)cc1-c1[nH]nc2ncc(-c3cnn(C4CCN(C)CC4)c3)cc12. The highest BCUT2D eigenvalue weighted by molar-refractivity contribution is 5.94. The zero-order valence-electron chi connectivity index (χ0n) is 17.3. The lowest BCUT2D eigenvalue weighted by Crippen LogP contribution is -2.31. The molecule has 0 unspecified atom stereocenters. The molecule has 1 fully saturated rings. The van der Waals surface area contributed by atoms with E-state index in [9.17, 15) is 8.78 Å². The van der Waals surface area contributed by atoms with Crippen LogP contribution in [0.1, 0.15) is 18.9 Å². The smallest absolute Gasteiger partial charge is 0.181 e. The van der Waals surface area contributed by atoms with Crippen LogP contribution in [0, 0.1) is 11.6 Å². The molecule has 1 aromatic carbocycles. The predicted octanol–water partition coefficient (Wildman–Crippen LogP) is 4.04. The number of hydrogen-bond donors (Lipinski definition) is 1.